The Labute approximate surface area is 85.3 Å². The number of carboxylic acid groups (broad SMARTS) is 1. The van der Waals surface area contributed by atoms with Crippen molar-refractivity contribution in [2.75, 3.05) is 0 Å². The number of ether oxygens (including phenoxy) is 1. The molecule has 1 aromatic carbocycles. The van der Waals surface area contributed by atoms with Crippen molar-refractivity contribution < 1.29 is 23.8 Å². The molecule has 0 saturated heterocycles. The Bertz CT molecular complexity index is 350. The molecule has 1 unspecified atom stereocenters. The first-order chi connectivity index (χ1) is 7.11. The van der Waals surface area contributed by atoms with Gasteiger partial charge in [0.05, 0.1) is 5.97 Å². The molecular formula is C10H8FO4-. The van der Waals surface area contributed by atoms with Crippen LogP contribution in [0.15, 0.2) is 30.3 Å². The van der Waals surface area contributed by atoms with Gasteiger partial charge in [-0.1, -0.05) is 30.3 Å². The minimum atomic E-state index is -2.73. The number of esters is 1. The fraction of sp³-hybridized carbons (Fsp3) is 0.200. The van der Waals surface area contributed by atoms with Crippen molar-refractivity contribution in [3.8, 4) is 0 Å². The predicted octanol–water partition coefficient (Wildman–Crippen LogP) is -0.182. The van der Waals surface area contributed by atoms with E-state index in [4.69, 9.17) is 0 Å². The van der Waals surface area contributed by atoms with Gasteiger partial charge in [0.25, 0.3) is 0 Å². The molecule has 0 heterocycles. The summed E-state index contributed by atoms with van der Waals surface area (Å²) in [5.41, 5.74) is 0.649. The van der Waals surface area contributed by atoms with Crippen LogP contribution in [0.5, 0.6) is 0 Å². The Morgan fingerprint density at radius 1 is 1.33 bits per heavy atom. The van der Waals surface area contributed by atoms with Crippen molar-refractivity contribution in [3.05, 3.63) is 35.9 Å². The van der Waals surface area contributed by atoms with Gasteiger partial charge in [-0.2, -0.15) is 0 Å². The highest BCUT2D eigenvalue weighted by molar-refractivity contribution is 5.95. The first-order valence-corrected chi connectivity index (χ1v) is 4.16. The molecule has 0 amide bonds. The van der Waals surface area contributed by atoms with Crippen LogP contribution in [0.1, 0.15) is 5.56 Å². The Hall–Kier alpha value is -1.91. The molecule has 0 aliphatic carbocycles. The standard InChI is InChI=1S/C10H9FO4/c11-8(9(12)13)10(14)15-6-7-4-2-1-3-5-7/h1-5,8H,6H2,(H,12,13)/p-1. The molecule has 0 aromatic heterocycles. The van der Waals surface area contributed by atoms with E-state index in [2.05, 4.69) is 4.74 Å². The molecule has 0 spiro atoms. The fourth-order valence-corrected chi connectivity index (χ4v) is 0.898. The van der Waals surface area contributed by atoms with Gasteiger partial charge in [-0.05, 0) is 5.56 Å². The third-order valence-electron chi connectivity index (χ3n) is 1.64. The van der Waals surface area contributed by atoms with E-state index in [0.29, 0.717) is 5.56 Å². The van der Waals surface area contributed by atoms with E-state index in [-0.39, 0.29) is 6.61 Å². The van der Waals surface area contributed by atoms with Crippen molar-refractivity contribution >= 4 is 11.9 Å². The molecule has 15 heavy (non-hydrogen) atoms. The van der Waals surface area contributed by atoms with Gasteiger partial charge in [0.2, 0.25) is 6.17 Å². The Morgan fingerprint density at radius 2 is 1.93 bits per heavy atom. The number of carbonyl (C=O) groups excluding carboxylic acids is 2. The summed E-state index contributed by atoms with van der Waals surface area (Å²) < 4.78 is 16.9. The molecule has 0 N–H and O–H groups in total. The van der Waals surface area contributed by atoms with Crippen LogP contribution < -0.4 is 5.11 Å². The highest BCUT2D eigenvalue weighted by Gasteiger charge is 2.19. The molecule has 0 bridgehead atoms. The largest absolute Gasteiger partial charge is 0.546 e. The SMILES string of the molecule is O=C([O-])C(F)C(=O)OCc1ccccc1. The van der Waals surface area contributed by atoms with Gasteiger partial charge in [0, 0.05) is 0 Å². The molecule has 0 aliphatic rings. The van der Waals surface area contributed by atoms with Crippen LogP contribution in [0.2, 0.25) is 0 Å². The quantitative estimate of drug-likeness (QED) is 0.511. The van der Waals surface area contributed by atoms with Gasteiger partial charge >= 0.3 is 5.97 Å². The van der Waals surface area contributed by atoms with Crippen LogP contribution in [0, 0.1) is 0 Å². The molecule has 1 atom stereocenters. The predicted molar refractivity (Wildman–Crippen MR) is 46.1 cm³/mol. The Balaban J connectivity index is 2.44. The van der Waals surface area contributed by atoms with Crippen LogP contribution in [-0.4, -0.2) is 18.1 Å². The summed E-state index contributed by atoms with van der Waals surface area (Å²) in [7, 11) is 0. The first-order valence-electron chi connectivity index (χ1n) is 4.16. The summed E-state index contributed by atoms with van der Waals surface area (Å²) in [4.78, 5) is 20.7. The molecule has 1 rings (SSSR count). The molecule has 0 saturated carbocycles. The third kappa shape index (κ3) is 3.38. The number of alkyl halides is 1. The lowest BCUT2D eigenvalue weighted by Crippen LogP contribution is -2.38. The molecule has 0 fully saturated rings. The van der Waals surface area contributed by atoms with Crippen LogP contribution in [0.3, 0.4) is 0 Å². The maximum Gasteiger partial charge on any atom is 0.347 e. The van der Waals surface area contributed by atoms with Crippen LogP contribution in [-0.2, 0) is 20.9 Å². The van der Waals surface area contributed by atoms with E-state index in [9.17, 15) is 19.1 Å². The number of hydrogen-bond donors (Lipinski definition) is 0. The van der Waals surface area contributed by atoms with Gasteiger partial charge < -0.3 is 14.6 Å². The second kappa shape index (κ2) is 5.09. The maximum absolute atomic E-state index is 12.5. The van der Waals surface area contributed by atoms with E-state index < -0.39 is 18.1 Å². The summed E-state index contributed by atoms with van der Waals surface area (Å²) in [6, 6.07) is 8.53. The van der Waals surface area contributed by atoms with Gasteiger partial charge in [0.1, 0.15) is 6.61 Å². The Kier molecular flexibility index (Phi) is 3.79. The van der Waals surface area contributed by atoms with E-state index in [1.807, 2.05) is 0 Å². The van der Waals surface area contributed by atoms with Gasteiger partial charge in [-0.15, -0.1) is 0 Å². The summed E-state index contributed by atoms with van der Waals surface area (Å²) >= 11 is 0. The number of halogens is 1. The Morgan fingerprint density at radius 3 is 2.47 bits per heavy atom. The van der Waals surface area contributed by atoms with Gasteiger partial charge in [-0.3, -0.25) is 0 Å². The zero-order valence-electron chi connectivity index (χ0n) is 7.68. The van der Waals surface area contributed by atoms with E-state index in [0.717, 1.165) is 0 Å². The van der Waals surface area contributed by atoms with Gasteiger partial charge in [0.15, 0.2) is 0 Å². The average Bonchev–Trinajstić information content (AvgIpc) is 2.26. The number of aliphatic carboxylic acids is 1. The summed E-state index contributed by atoms with van der Waals surface area (Å²) in [5, 5.41) is 9.97. The lowest BCUT2D eigenvalue weighted by Gasteiger charge is -2.09. The molecule has 1 aromatic rings. The van der Waals surface area contributed by atoms with Gasteiger partial charge in [-0.25, -0.2) is 9.18 Å². The molecule has 5 heteroatoms. The minimum absolute atomic E-state index is 0.159. The van der Waals surface area contributed by atoms with Crippen molar-refractivity contribution in [1.29, 1.82) is 0 Å². The number of carboxylic acids is 1. The van der Waals surface area contributed by atoms with Crippen LogP contribution in [0.4, 0.5) is 4.39 Å². The summed E-state index contributed by atoms with van der Waals surface area (Å²) in [6.45, 7) is -0.159. The topological polar surface area (TPSA) is 66.4 Å². The molecular weight excluding hydrogens is 203 g/mol. The second-order valence-electron chi connectivity index (χ2n) is 2.77. The third-order valence-corrected chi connectivity index (χ3v) is 1.64. The van der Waals surface area contributed by atoms with E-state index in [1.54, 1.807) is 30.3 Å². The summed E-state index contributed by atoms with van der Waals surface area (Å²) in [6.07, 6.45) is -2.73. The molecule has 80 valence electrons. The first kappa shape index (κ1) is 11.2. The molecule has 0 aliphatic heterocycles. The lowest BCUT2D eigenvalue weighted by atomic mass is 10.2. The summed E-state index contributed by atoms with van der Waals surface area (Å²) in [5.74, 6) is -3.54. The monoisotopic (exact) mass is 211 g/mol. The molecule has 0 radical (unpaired) electrons. The van der Waals surface area contributed by atoms with Crippen molar-refractivity contribution in [2.45, 2.75) is 12.8 Å². The number of benzene rings is 1. The van der Waals surface area contributed by atoms with Crippen molar-refractivity contribution in [1.82, 2.24) is 0 Å². The second-order valence-corrected chi connectivity index (χ2v) is 2.77. The average molecular weight is 211 g/mol. The fourth-order valence-electron chi connectivity index (χ4n) is 0.898. The van der Waals surface area contributed by atoms with E-state index in [1.165, 1.54) is 0 Å². The van der Waals surface area contributed by atoms with Crippen LogP contribution >= 0.6 is 0 Å². The lowest BCUT2D eigenvalue weighted by molar-refractivity contribution is -0.311. The van der Waals surface area contributed by atoms with E-state index >= 15 is 0 Å². The van der Waals surface area contributed by atoms with Crippen molar-refractivity contribution in [2.24, 2.45) is 0 Å². The van der Waals surface area contributed by atoms with Crippen molar-refractivity contribution in [3.63, 3.8) is 0 Å². The number of carbonyl (C=O) groups is 2. The normalized spacial score (nSPS) is 11.8. The highest BCUT2D eigenvalue weighted by Crippen LogP contribution is 2.02. The minimum Gasteiger partial charge on any atom is -0.546 e. The number of hydrogen-bond acceptors (Lipinski definition) is 4. The smallest absolute Gasteiger partial charge is 0.347 e. The zero-order valence-corrected chi connectivity index (χ0v) is 7.68. The van der Waals surface area contributed by atoms with Crippen LogP contribution in [0.25, 0.3) is 0 Å². The molecule has 4 nitrogen and oxygen atoms in total. The zero-order chi connectivity index (χ0) is 11.3. The maximum atomic E-state index is 12.5. The number of rotatable bonds is 4. The highest BCUT2D eigenvalue weighted by atomic mass is 19.1.